The van der Waals surface area contributed by atoms with Gasteiger partial charge >= 0.3 is 5.97 Å². The largest absolute Gasteiger partial charge is 0.492 e. The molecule has 1 aromatic carbocycles. The molecule has 0 saturated heterocycles. The van der Waals surface area contributed by atoms with Crippen LogP contribution in [-0.4, -0.2) is 30.1 Å². The first-order valence-corrected chi connectivity index (χ1v) is 9.22. The highest BCUT2D eigenvalue weighted by molar-refractivity contribution is 9.10. The van der Waals surface area contributed by atoms with Gasteiger partial charge in [-0.05, 0) is 59.3 Å². The molecule has 0 aliphatic rings. The number of carbonyl (C=O) groups excluding carboxylic acids is 1. The molecule has 0 aromatic heterocycles. The highest BCUT2D eigenvalue weighted by Crippen LogP contribution is 2.26. The molecule has 0 aliphatic heterocycles. The average molecular weight is 400 g/mol. The fourth-order valence-electron chi connectivity index (χ4n) is 2.19. The van der Waals surface area contributed by atoms with Crippen LogP contribution >= 0.6 is 15.9 Å². The fraction of sp³-hybridized carbons (Fsp3) is 0.556. The third-order valence-corrected chi connectivity index (χ3v) is 4.22. The van der Waals surface area contributed by atoms with E-state index >= 15 is 0 Å². The van der Waals surface area contributed by atoms with Crippen molar-refractivity contribution in [2.75, 3.05) is 13.2 Å². The van der Waals surface area contributed by atoms with Crippen molar-refractivity contribution in [3.8, 4) is 5.75 Å². The molecular formula is C18H26BrNO4. The number of carboxylic acid groups (broad SMARTS) is 1. The summed E-state index contributed by atoms with van der Waals surface area (Å²) in [5, 5.41) is 11.4. The molecule has 0 saturated carbocycles. The van der Waals surface area contributed by atoms with Crippen molar-refractivity contribution in [2.24, 2.45) is 0 Å². The number of ether oxygens (including phenoxy) is 1. The number of nitrogens with one attached hydrogen (secondary N) is 1. The summed E-state index contributed by atoms with van der Waals surface area (Å²) in [5.41, 5.74) is 1.25. The lowest BCUT2D eigenvalue weighted by atomic mass is 10.2. The number of unbranched alkanes of at least 4 members (excludes halogenated alkanes) is 2. The number of amides is 1. The van der Waals surface area contributed by atoms with Gasteiger partial charge in [0.1, 0.15) is 5.75 Å². The van der Waals surface area contributed by atoms with Gasteiger partial charge in [-0.15, -0.1) is 0 Å². The first-order valence-electron chi connectivity index (χ1n) is 8.42. The Bertz CT molecular complexity index is 534. The predicted octanol–water partition coefficient (Wildman–Crippen LogP) is 3.93. The van der Waals surface area contributed by atoms with E-state index in [1.54, 1.807) is 0 Å². The second-order valence-electron chi connectivity index (χ2n) is 5.62. The molecule has 1 aromatic rings. The van der Waals surface area contributed by atoms with Crippen LogP contribution in [-0.2, 0) is 16.0 Å². The SMILES string of the molecule is CCc1ccc(OCCCC(=O)NCCCCCC(=O)O)c(Br)c1. The smallest absolute Gasteiger partial charge is 0.303 e. The van der Waals surface area contributed by atoms with Gasteiger partial charge in [0.2, 0.25) is 5.91 Å². The first-order chi connectivity index (χ1) is 11.5. The van der Waals surface area contributed by atoms with Crippen LogP contribution in [0.25, 0.3) is 0 Å². The number of carboxylic acids is 1. The van der Waals surface area contributed by atoms with Crippen LogP contribution in [0.5, 0.6) is 5.75 Å². The van der Waals surface area contributed by atoms with E-state index in [-0.39, 0.29) is 12.3 Å². The zero-order valence-electron chi connectivity index (χ0n) is 14.1. The van der Waals surface area contributed by atoms with Crippen LogP contribution in [0.1, 0.15) is 51.0 Å². The zero-order chi connectivity index (χ0) is 17.8. The van der Waals surface area contributed by atoms with E-state index in [4.69, 9.17) is 9.84 Å². The van der Waals surface area contributed by atoms with Crippen LogP contribution in [0.3, 0.4) is 0 Å². The van der Waals surface area contributed by atoms with Gasteiger partial charge in [-0.2, -0.15) is 0 Å². The Morgan fingerprint density at radius 3 is 2.62 bits per heavy atom. The van der Waals surface area contributed by atoms with Crippen molar-refractivity contribution in [1.29, 1.82) is 0 Å². The zero-order valence-corrected chi connectivity index (χ0v) is 15.7. The van der Waals surface area contributed by atoms with Crippen molar-refractivity contribution in [2.45, 2.75) is 51.9 Å². The van der Waals surface area contributed by atoms with Crippen LogP contribution in [0, 0.1) is 0 Å². The van der Waals surface area contributed by atoms with Gasteiger partial charge in [0, 0.05) is 19.4 Å². The van der Waals surface area contributed by atoms with Gasteiger partial charge in [-0.3, -0.25) is 9.59 Å². The molecule has 134 valence electrons. The maximum absolute atomic E-state index is 11.7. The molecule has 1 rings (SSSR count). The van der Waals surface area contributed by atoms with Crippen molar-refractivity contribution in [3.05, 3.63) is 28.2 Å². The van der Waals surface area contributed by atoms with Gasteiger partial charge in [0.25, 0.3) is 0 Å². The normalized spacial score (nSPS) is 10.4. The summed E-state index contributed by atoms with van der Waals surface area (Å²) in [4.78, 5) is 22.0. The molecule has 2 N–H and O–H groups in total. The topological polar surface area (TPSA) is 75.6 Å². The van der Waals surface area contributed by atoms with Gasteiger partial charge in [-0.1, -0.05) is 19.4 Å². The first kappa shape index (κ1) is 20.5. The van der Waals surface area contributed by atoms with Crippen molar-refractivity contribution >= 4 is 27.8 Å². The van der Waals surface area contributed by atoms with Crippen LogP contribution in [0.15, 0.2) is 22.7 Å². The van der Waals surface area contributed by atoms with Gasteiger partial charge in [0.05, 0.1) is 11.1 Å². The van der Waals surface area contributed by atoms with E-state index in [0.29, 0.717) is 32.4 Å². The quantitative estimate of drug-likeness (QED) is 0.522. The summed E-state index contributed by atoms with van der Waals surface area (Å²) in [6.07, 6.45) is 4.55. The second kappa shape index (κ2) is 11.9. The Balaban J connectivity index is 2.08. The second-order valence-corrected chi connectivity index (χ2v) is 6.48. The number of hydrogen-bond acceptors (Lipinski definition) is 3. The number of halogens is 1. The molecule has 0 fully saturated rings. The average Bonchev–Trinajstić information content (AvgIpc) is 2.55. The molecule has 0 radical (unpaired) electrons. The summed E-state index contributed by atoms with van der Waals surface area (Å²) < 4.78 is 6.62. The number of aliphatic carboxylic acids is 1. The van der Waals surface area contributed by atoms with Crippen molar-refractivity contribution < 1.29 is 19.4 Å². The minimum absolute atomic E-state index is 0.0113. The minimum atomic E-state index is -0.769. The Morgan fingerprint density at radius 2 is 1.96 bits per heavy atom. The predicted molar refractivity (Wildman–Crippen MR) is 97.4 cm³/mol. The van der Waals surface area contributed by atoms with Gasteiger partial charge in [-0.25, -0.2) is 0 Å². The lowest BCUT2D eigenvalue weighted by Crippen LogP contribution is -2.24. The molecule has 6 heteroatoms. The summed E-state index contributed by atoms with van der Waals surface area (Å²) in [6.45, 7) is 3.20. The van der Waals surface area contributed by atoms with E-state index in [9.17, 15) is 9.59 Å². The molecule has 24 heavy (non-hydrogen) atoms. The molecule has 0 spiro atoms. The lowest BCUT2D eigenvalue weighted by molar-refractivity contribution is -0.137. The van der Waals surface area contributed by atoms with Gasteiger partial charge in [0.15, 0.2) is 0 Å². The van der Waals surface area contributed by atoms with Crippen LogP contribution in [0.4, 0.5) is 0 Å². The summed E-state index contributed by atoms with van der Waals surface area (Å²) in [5.74, 6) is 0.0401. The highest BCUT2D eigenvalue weighted by Gasteiger charge is 2.04. The lowest BCUT2D eigenvalue weighted by Gasteiger charge is -2.09. The van der Waals surface area contributed by atoms with Gasteiger partial charge < -0.3 is 15.2 Å². The maximum Gasteiger partial charge on any atom is 0.303 e. The minimum Gasteiger partial charge on any atom is -0.492 e. The maximum atomic E-state index is 11.7. The van der Waals surface area contributed by atoms with Crippen molar-refractivity contribution in [1.82, 2.24) is 5.32 Å². The van der Waals surface area contributed by atoms with E-state index in [2.05, 4.69) is 28.2 Å². The Kier molecular flexibility index (Phi) is 10.2. The Hall–Kier alpha value is -1.56. The molecular weight excluding hydrogens is 374 g/mol. The summed E-state index contributed by atoms with van der Waals surface area (Å²) in [6, 6.07) is 6.03. The monoisotopic (exact) mass is 399 g/mol. The van der Waals surface area contributed by atoms with Crippen molar-refractivity contribution in [3.63, 3.8) is 0 Å². The summed E-state index contributed by atoms with van der Waals surface area (Å²) >= 11 is 3.49. The van der Waals surface area contributed by atoms with E-state index in [1.165, 1.54) is 5.56 Å². The molecule has 0 atom stereocenters. The highest BCUT2D eigenvalue weighted by atomic mass is 79.9. The summed E-state index contributed by atoms with van der Waals surface area (Å²) in [7, 11) is 0. The standard InChI is InChI=1S/C18H26BrNO4/c1-2-14-9-10-16(15(19)13-14)24-12-6-7-17(21)20-11-5-3-4-8-18(22)23/h9-10,13H,2-8,11-12H2,1H3,(H,20,21)(H,22,23). The Labute approximate surface area is 151 Å². The fourth-order valence-corrected chi connectivity index (χ4v) is 2.73. The van der Waals surface area contributed by atoms with Crippen LogP contribution < -0.4 is 10.1 Å². The molecule has 0 aliphatic carbocycles. The van der Waals surface area contributed by atoms with Crippen LogP contribution in [0.2, 0.25) is 0 Å². The number of carbonyl (C=O) groups is 2. The number of benzene rings is 1. The molecule has 0 bridgehead atoms. The van der Waals surface area contributed by atoms with E-state index in [0.717, 1.165) is 29.5 Å². The number of hydrogen-bond donors (Lipinski definition) is 2. The molecule has 0 unspecified atom stereocenters. The molecule has 1 amide bonds. The third kappa shape index (κ3) is 8.91. The van der Waals surface area contributed by atoms with E-state index in [1.807, 2.05) is 18.2 Å². The molecule has 5 nitrogen and oxygen atoms in total. The third-order valence-electron chi connectivity index (χ3n) is 3.60. The Morgan fingerprint density at radius 1 is 1.17 bits per heavy atom. The van der Waals surface area contributed by atoms with E-state index < -0.39 is 5.97 Å². The number of rotatable bonds is 12. The molecule has 0 heterocycles. The number of aryl methyl sites for hydroxylation is 1.